The molecule has 1 N–H and O–H groups in total. The summed E-state index contributed by atoms with van der Waals surface area (Å²) in [6, 6.07) is 22.9. The summed E-state index contributed by atoms with van der Waals surface area (Å²) in [4.78, 5) is 27.1. The number of fused-ring (bicyclic) bond motifs is 1. The summed E-state index contributed by atoms with van der Waals surface area (Å²) in [7, 11) is 1.70. The van der Waals surface area contributed by atoms with Crippen molar-refractivity contribution in [3.05, 3.63) is 83.3 Å². The van der Waals surface area contributed by atoms with Gasteiger partial charge in [-0.15, -0.1) is 0 Å². The molecule has 7 heteroatoms. The SMILES string of the molecule is CN(C(=O)Cn1c(=O)oc2ccc(-c3cccc(OCCC4CCNCC4)c3)cc21)c1ccccc1. The number of aromatic nitrogens is 1. The number of oxazole rings is 1. The Morgan fingerprint density at radius 3 is 2.61 bits per heavy atom. The molecular weight excluding hydrogens is 454 g/mol. The van der Waals surface area contributed by atoms with Gasteiger partial charge in [-0.1, -0.05) is 36.4 Å². The average Bonchev–Trinajstić information content (AvgIpc) is 3.23. The van der Waals surface area contributed by atoms with Crippen LogP contribution in [0.2, 0.25) is 0 Å². The van der Waals surface area contributed by atoms with Crippen molar-refractivity contribution >= 4 is 22.7 Å². The normalized spacial score (nSPS) is 14.1. The van der Waals surface area contributed by atoms with Crippen molar-refractivity contribution in [2.45, 2.75) is 25.8 Å². The average molecular weight is 486 g/mol. The molecular formula is C29H31N3O4. The lowest BCUT2D eigenvalue weighted by molar-refractivity contribution is -0.118. The maximum absolute atomic E-state index is 12.9. The van der Waals surface area contributed by atoms with E-state index in [0.717, 1.165) is 48.0 Å². The van der Waals surface area contributed by atoms with Crippen LogP contribution in [0.25, 0.3) is 22.2 Å². The van der Waals surface area contributed by atoms with Crippen molar-refractivity contribution in [3.63, 3.8) is 0 Å². The third-order valence-electron chi connectivity index (χ3n) is 6.90. The van der Waals surface area contributed by atoms with E-state index in [1.807, 2.05) is 66.7 Å². The molecule has 7 nitrogen and oxygen atoms in total. The van der Waals surface area contributed by atoms with Crippen molar-refractivity contribution in [2.24, 2.45) is 5.92 Å². The Bertz CT molecular complexity index is 1390. The van der Waals surface area contributed by atoms with E-state index >= 15 is 0 Å². The Hall–Kier alpha value is -3.84. The van der Waals surface area contributed by atoms with Crippen molar-refractivity contribution in [2.75, 3.05) is 31.6 Å². The molecule has 0 aliphatic carbocycles. The van der Waals surface area contributed by atoms with Crippen LogP contribution in [0.15, 0.2) is 82.0 Å². The minimum Gasteiger partial charge on any atom is -0.494 e. The van der Waals surface area contributed by atoms with Gasteiger partial charge in [0.2, 0.25) is 5.91 Å². The van der Waals surface area contributed by atoms with E-state index < -0.39 is 5.76 Å². The number of amides is 1. The van der Waals surface area contributed by atoms with Gasteiger partial charge in [0.25, 0.3) is 0 Å². The first kappa shape index (κ1) is 23.9. The number of para-hydroxylation sites is 1. The van der Waals surface area contributed by atoms with E-state index in [1.54, 1.807) is 18.0 Å². The molecule has 0 bridgehead atoms. The highest BCUT2D eigenvalue weighted by Crippen LogP contribution is 2.28. The number of likely N-dealkylation sites (N-methyl/N-ethyl adjacent to an activating group) is 1. The lowest BCUT2D eigenvalue weighted by atomic mass is 9.95. The third-order valence-corrected chi connectivity index (χ3v) is 6.90. The van der Waals surface area contributed by atoms with E-state index in [9.17, 15) is 9.59 Å². The maximum Gasteiger partial charge on any atom is 0.420 e. The summed E-state index contributed by atoms with van der Waals surface area (Å²) in [5.41, 5.74) is 3.70. The zero-order chi connectivity index (χ0) is 24.9. The molecule has 0 spiro atoms. The van der Waals surface area contributed by atoms with E-state index in [1.165, 1.54) is 17.4 Å². The van der Waals surface area contributed by atoms with Gasteiger partial charge in [0, 0.05) is 12.7 Å². The molecule has 1 aromatic heterocycles. The van der Waals surface area contributed by atoms with Crippen LogP contribution in [0.1, 0.15) is 19.3 Å². The number of benzene rings is 3. The van der Waals surface area contributed by atoms with E-state index in [-0.39, 0.29) is 12.5 Å². The molecule has 1 aliphatic heterocycles. The molecule has 3 aromatic carbocycles. The number of piperidine rings is 1. The first-order chi connectivity index (χ1) is 17.6. The van der Waals surface area contributed by atoms with Crippen LogP contribution < -0.4 is 20.7 Å². The Morgan fingerprint density at radius 2 is 1.81 bits per heavy atom. The van der Waals surface area contributed by atoms with Crippen LogP contribution in [-0.2, 0) is 11.3 Å². The van der Waals surface area contributed by atoms with Crippen LogP contribution >= 0.6 is 0 Å². The fraction of sp³-hybridized carbons (Fsp3) is 0.310. The molecule has 0 unspecified atom stereocenters. The highest BCUT2D eigenvalue weighted by Gasteiger charge is 2.18. The minimum absolute atomic E-state index is 0.111. The smallest absolute Gasteiger partial charge is 0.420 e. The zero-order valence-corrected chi connectivity index (χ0v) is 20.5. The van der Waals surface area contributed by atoms with Gasteiger partial charge in [0.1, 0.15) is 12.3 Å². The van der Waals surface area contributed by atoms with Crippen molar-refractivity contribution in [1.82, 2.24) is 9.88 Å². The molecule has 1 fully saturated rings. The van der Waals surface area contributed by atoms with Crippen molar-refractivity contribution < 1.29 is 13.9 Å². The number of hydrogen-bond acceptors (Lipinski definition) is 5. The Balaban J connectivity index is 1.33. The Morgan fingerprint density at radius 1 is 1.03 bits per heavy atom. The Labute approximate surface area is 210 Å². The summed E-state index contributed by atoms with van der Waals surface area (Å²) in [6.45, 7) is 2.78. The molecule has 1 aliphatic rings. The van der Waals surface area contributed by atoms with E-state index in [0.29, 0.717) is 17.7 Å². The molecule has 5 rings (SSSR count). The molecule has 0 saturated carbocycles. The lowest BCUT2D eigenvalue weighted by Crippen LogP contribution is -2.32. The number of hydrogen-bond donors (Lipinski definition) is 1. The highest BCUT2D eigenvalue weighted by molar-refractivity contribution is 5.93. The summed E-state index contributed by atoms with van der Waals surface area (Å²) >= 11 is 0. The summed E-state index contributed by atoms with van der Waals surface area (Å²) < 4.78 is 12.9. The maximum atomic E-state index is 12.9. The lowest BCUT2D eigenvalue weighted by Gasteiger charge is -2.22. The molecule has 0 radical (unpaired) electrons. The fourth-order valence-electron chi connectivity index (χ4n) is 4.71. The van der Waals surface area contributed by atoms with Gasteiger partial charge in [-0.3, -0.25) is 9.36 Å². The standard InChI is InChI=1S/C29H31N3O4/c1-31(24-7-3-2-4-8-24)28(33)20-32-26-19-23(10-11-27(26)36-29(32)34)22-6-5-9-25(18-22)35-17-14-21-12-15-30-16-13-21/h2-11,18-19,21,30H,12-17,20H2,1H3. The summed E-state index contributed by atoms with van der Waals surface area (Å²) in [5, 5.41) is 3.40. The molecule has 4 aromatic rings. The number of nitrogens with zero attached hydrogens (tertiary/aromatic N) is 2. The first-order valence-electron chi connectivity index (χ1n) is 12.5. The molecule has 1 saturated heterocycles. The number of nitrogens with one attached hydrogen (secondary N) is 1. The predicted molar refractivity (Wildman–Crippen MR) is 141 cm³/mol. The van der Waals surface area contributed by atoms with E-state index in [2.05, 4.69) is 5.32 Å². The first-order valence-corrected chi connectivity index (χ1v) is 12.5. The number of anilines is 1. The molecule has 0 atom stereocenters. The van der Waals surface area contributed by atoms with Crippen molar-refractivity contribution in [3.8, 4) is 16.9 Å². The second-order valence-corrected chi connectivity index (χ2v) is 9.28. The zero-order valence-electron chi connectivity index (χ0n) is 20.5. The van der Waals surface area contributed by atoms with Crippen LogP contribution in [0.5, 0.6) is 5.75 Å². The second kappa shape index (κ2) is 10.8. The van der Waals surface area contributed by atoms with Crippen LogP contribution in [-0.4, -0.2) is 37.2 Å². The van der Waals surface area contributed by atoms with E-state index in [4.69, 9.17) is 9.15 Å². The fourth-order valence-corrected chi connectivity index (χ4v) is 4.71. The van der Waals surface area contributed by atoms with Crippen molar-refractivity contribution in [1.29, 1.82) is 0 Å². The van der Waals surface area contributed by atoms with Gasteiger partial charge in [0.05, 0.1) is 12.1 Å². The van der Waals surface area contributed by atoms with Crippen LogP contribution in [0.4, 0.5) is 5.69 Å². The second-order valence-electron chi connectivity index (χ2n) is 9.28. The minimum atomic E-state index is -0.549. The number of rotatable bonds is 8. The quantitative estimate of drug-likeness (QED) is 0.392. The van der Waals surface area contributed by atoms with Gasteiger partial charge in [-0.2, -0.15) is 0 Å². The third kappa shape index (κ3) is 5.36. The van der Waals surface area contributed by atoms with Gasteiger partial charge in [-0.05, 0) is 85.8 Å². The Kier molecular flexibility index (Phi) is 7.18. The van der Waals surface area contributed by atoms with Crippen LogP contribution in [0, 0.1) is 5.92 Å². The monoisotopic (exact) mass is 485 g/mol. The number of carbonyl (C=O) groups excluding carboxylic acids is 1. The molecule has 1 amide bonds. The summed E-state index contributed by atoms with van der Waals surface area (Å²) in [6.07, 6.45) is 3.48. The van der Waals surface area contributed by atoms with Gasteiger partial charge >= 0.3 is 5.76 Å². The summed E-state index contributed by atoms with van der Waals surface area (Å²) in [5.74, 6) is 0.789. The molecule has 36 heavy (non-hydrogen) atoms. The topological polar surface area (TPSA) is 76.7 Å². The molecule has 2 heterocycles. The predicted octanol–water partition coefficient (Wildman–Crippen LogP) is 4.69. The largest absolute Gasteiger partial charge is 0.494 e. The number of carbonyl (C=O) groups is 1. The highest BCUT2D eigenvalue weighted by atomic mass is 16.5. The molecule has 186 valence electrons. The van der Waals surface area contributed by atoms with Gasteiger partial charge < -0.3 is 19.4 Å². The van der Waals surface area contributed by atoms with Crippen LogP contribution in [0.3, 0.4) is 0 Å². The van der Waals surface area contributed by atoms with Gasteiger partial charge in [0.15, 0.2) is 5.58 Å². The van der Waals surface area contributed by atoms with Gasteiger partial charge in [-0.25, -0.2) is 4.79 Å². The number of ether oxygens (including phenoxy) is 1.